The summed E-state index contributed by atoms with van der Waals surface area (Å²) in [6.07, 6.45) is 3.41. The van der Waals surface area contributed by atoms with Crippen molar-refractivity contribution in [1.29, 1.82) is 0 Å². The first-order valence-electron chi connectivity index (χ1n) is 7.32. The molecule has 0 aliphatic carbocycles. The summed E-state index contributed by atoms with van der Waals surface area (Å²) in [5.74, 6) is 0.418. The molecule has 1 aromatic rings. The largest absolute Gasteiger partial charge is 0.338 e. The van der Waals surface area contributed by atoms with Crippen LogP contribution in [-0.4, -0.2) is 52.6 Å². The average Bonchev–Trinajstić information content (AvgIpc) is 2.96. The number of likely N-dealkylation sites (tertiary alicyclic amines) is 1. The number of aryl methyl sites for hydroxylation is 1. The maximum atomic E-state index is 12.3. The zero-order valence-electron chi connectivity index (χ0n) is 12.7. The van der Waals surface area contributed by atoms with Gasteiger partial charge in [0.2, 0.25) is 0 Å². The highest BCUT2D eigenvalue weighted by molar-refractivity contribution is 7.07. The number of hydrogen-bond donors (Lipinski definition) is 2. The van der Waals surface area contributed by atoms with Crippen molar-refractivity contribution in [3.8, 4) is 0 Å². The molecule has 0 atom stereocenters. The number of urea groups is 1. The van der Waals surface area contributed by atoms with Gasteiger partial charge in [0.1, 0.15) is 4.88 Å². The maximum Gasteiger partial charge on any atom is 0.315 e. The topological polar surface area (TPSA) is 87.2 Å². The van der Waals surface area contributed by atoms with Gasteiger partial charge in [-0.1, -0.05) is 10.6 Å². The van der Waals surface area contributed by atoms with Crippen LogP contribution in [0.3, 0.4) is 0 Å². The Labute approximate surface area is 133 Å². The molecule has 0 aromatic carbocycles. The molecule has 2 heterocycles. The molecule has 22 heavy (non-hydrogen) atoms. The third-order valence-electron chi connectivity index (χ3n) is 3.71. The standard InChI is InChI=1S/C14H21N5O2S/c1-3-6-15-14(21)16-9-11-4-7-19(8-5-11)13(20)12-10(2)17-18-22-12/h3,11H,1,4-9H2,2H3,(H2,15,16,21). The normalized spacial score (nSPS) is 15.4. The van der Waals surface area contributed by atoms with Crippen LogP contribution in [0.25, 0.3) is 0 Å². The molecule has 1 saturated heterocycles. The second kappa shape index (κ2) is 7.88. The monoisotopic (exact) mass is 323 g/mol. The van der Waals surface area contributed by atoms with Gasteiger partial charge in [0.05, 0.1) is 5.69 Å². The SMILES string of the molecule is C=CCNC(=O)NCC1CCN(C(=O)c2snnc2C)CC1. The quantitative estimate of drug-likeness (QED) is 0.797. The number of rotatable bonds is 5. The maximum absolute atomic E-state index is 12.3. The number of carbonyl (C=O) groups excluding carboxylic acids is 2. The fraction of sp³-hybridized carbons (Fsp3) is 0.571. The van der Waals surface area contributed by atoms with Gasteiger partial charge < -0.3 is 15.5 Å². The highest BCUT2D eigenvalue weighted by atomic mass is 32.1. The summed E-state index contributed by atoms with van der Waals surface area (Å²) >= 11 is 1.15. The van der Waals surface area contributed by atoms with Gasteiger partial charge in [-0.15, -0.1) is 11.7 Å². The summed E-state index contributed by atoms with van der Waals surface area (Å²) < 4.78 is 3.81. The van der Waals surface area contributed by atoms with Crippen LogP contribution in [0.5, 0.6) is 0 Å². The van der Waals surface area contributed by atoms with Crippen LogP contribution in [-0.2, 0) is 0 Å². The Morgan fingerprint density at radius 1 is 1.41 bits per heavy atom. The smallest absolute Gasteiger partial charge is 0.315 e. The molecular weight excluding hydrogens is 302 g/mol. The summed E-state index contributed by atoms with van der Waals surface area (Å²) in [4.78, 5) is 26.3. The Morgan fingerprint density at radius 3 is 2.73 bits per heavy atom. The van der Waals surface area contributed by atoms with E-state index in [-0.39, 0.29) is 11.9 Å². The molecule has 1 aromatic heterocycles. The number of aromatic nitrogens is 2. The van der Waals surface area contributed by atoms with Gasteiger partial charge in [-0.25, -0.2) is 4.79 Å². The lowest BCUT2D eigenvalue weighted by Gasteiger charge is -2.31. The molecule has 8 heteroatoms. The molecular formula is C14H21N5O2S. The second-order valence-electron chi connectivity index (χ2n) is 5.30. The van der Waals surface area contributed by atoms with Crippen LogP contribution >= 0.6 is 11.5 Å². The molecule has 0 unspecified atom stereocenters. The highest BCUT2D eigenvalue weighted by Crippen LogP contribution is 2.20. The van der Waals surface area contributed by atoms with Crippen molar-refractivity contribution in [2.75, 3.05) is 26.2 Å². The number of hydrogen-bond acceptors (Lipinski definition) is 5. The Morgan fingerprint density at radius 2 is 2.14 bits per heavy atom. The number of nitrogens with zero attached hydrogens (tertiary/aromatic N) is 3. The Bertz CT molecular complexity index is 537. The van der Waals surface area contributed by atoms with Crippen LogP contribution in [0.1, 0.15) is 28.2 Å². The van der Waals surface area contributed by atoms with E-state index in [9.17, 15) is 9.59 Å². The fourth-order valence-electron chi connectivity index (χ4n) is 2.38. The van der Waals surface area contributed by atoms with Crippen molar-refractivity contribution in [3.05, 3.63) is 23.2 Å². The minimum Gasteiger partial charge on any atom is -0.338 e. The molecule has 2 rings (SSSR count). The van der Waals surface area contributed by atoms with E-state index in [4.69, 9.17) is 0 Å². The van der Waals surface area contributed by atoms with Crippen LogP contribution in [0.15, 0.2) is 12.7 Å². The van der Waals surface area contributed by atoms with E-state index in [1.807, 2.05) is 4.90 Å². The molecule has 0 saturated carbocycles. The van der Waals surface area contributed by atoms with E-state index in [2.05, 4.69) is 26.8 Å². The first-order chi connectivity index (χ1) is 10.6. The summed E-state index contributed by atoms with van der Waals surface area (Å²) in [6, 6.07) is -0.176. The van der Waals surface area contributed by atoms with Crippen LogP contribution in [0.2, 0.25) is 0 Å². The Kier molecular flexibility index (Phi) is 5.88. The lowest BCUT2D eigenvalue weighted by Crippen LogP contribution is -2.43. The Balaban J connectivity index is 1.74. The molecule has 120 valence electrons. The zero-order chi connectivity index (χ0) is 15.9. The first-order valence-corrected chi connectivity index (χ1v) is 8.10. The van der Waals surface area contributed by atoms with E-state index in [0.29, 0.717) is 42.7 Å². The summed E-state index contributed by atoms with van der Waals surface area (Å²) in [6.45, 7) is 7.85. The molecule has 1 aliphatic heterocycles. The molecule has 0 spiro atoms. The first kappa shape index (κ1) is 16.4. The van der Waals surface area contributed by atoms with E-state index in [0.717, 1.165) is 24.4 Å². The zero-order valence-corrected chi connectivity index (χ0v) is 13.5. The second-order valence-corrected chi connectivity index (χ2v) is 6.06. The van der Waals surface area contributed by atoms with Gasteiger partial charge in [-0.2, -0.15) is 0 Å². The van der Waals surface area contributed by atoms with E-state index >= 15 is 0 Å². The van der Waals surface area contributed by atoms with Crippen LogP contribution < -0.4 is 10.6 Å². The van der Waals surface area contributed by atoms with Crippen LogP contribution in [0.4, 0.5) is 4.79 Å². The third kappa shape index (κ3) is 4.27. The predicted molar refractivity (Wildman–Crippen MR) is 84.9 cm³/mol. The van der Waals surface area contributed by atoms with E-state index < -0.39 is 0 Å². The lowest BCUT2D eigenvalue weighted by molar-refractivity contribution is 0.0694. The molecule has 1 aliphatic rings. The summed E-state index contributed by atoms with van der Waals surface area (Å²) in [7, 11) is 0. The van der Waals surface area contributed by atoms with Gasteiger partial charge in [0, 0.05) is 26.2 Å². The van der Waals surface area contributed by atoms with E-state index in [1.54, 1.807) is 13.0 Å². The minimum absolute atomic E-state index is 0.0163. The van der Waals surface area contributed by atoms with Gasteiger partial charge >= 0.3 is 6.03 Å². The van der Waals surface area contributed by atoms with Crippen molar-refractivity contribution >= 4 is 23.5 Å². The third-order valence-corrected chi connectivity index (χ3v) is 4.52. The van der Waals surface area contributed by atoms with Crippen molar-refractivity contribution in [1.82, 2.24) is 25.1 Å². The van der Waals surface area contributed by atoms with Crippen molar-refractivity contribution in [3.63, 3.8) is 0 Å². The molecule has 0 radical (unpaired) electrons. The minimum atomic E-state index is -0.176. The molecule has 7 nitrogen and oxygen atoms in total. The predicted octanol–water partition coefficient (Wildman–Crippen LogP) is 1.18. The number of carbonyl (C=O) groups is 2. The summed E-state index contributed by atoms with van der Waals surface area (Å²) in [5, 5.41) is 9.41. The van der Waals surface area contributed by atoms with Crippen LogP contribution in [0, 0.1) is 12.8 Å². The number of piperidine rings is 1. The fourth-order valence-corrected chi connectivity index (χ4v) is 3.00. The number of nitrogens with one attached hydrogen (secondary N) is 2. The lowest BCUT2D eigenvalue weighted by atomic mass is 9.96. The highest BCUT2D eigenvalue weighted by Gasteiger charge is 2.26. The average molecular weight is 323 g/mol. The van der Waals surface area contributed by atoms with Gasteiger partial charge in [0.25, 0.3) is 5.91 Å². The molecule has 3 amide bonds. The van der Waals surface area contributed by atoms with Crippen molar-refractivity contribution in [2.24, 2.45) is 5.92 Å². The molecule has 1 fully saturated rings. The van der Waals surface area contributed by atoms with E-state index in [1.165, 1.54) is 0 Å². The summed E-state index contributed by atoms with van der Waals surface area (Å²) in [5.41, 5.74) is 0.692. The van der Waals surface area contributed by atoms with Crippen molar-refractivity contribution in [2.45, 2.75) is 19.8 Å². The van der Waals surface area contributed by atoms with Gasteiger partial charge in [0.15, 0.2) is 0 Å². The van der Waals surface area contributed by atoms with Crippen molar-refractivity contribution < 1.29 is 9.59 Å². The Hall–Kier alpha value is -1.96. The molecule has 0 bridgehead atoms. The van der Waals surface area contributed by atoms with Gasteiger partial charge in [-0.05, 0) is 37.2 Å². The van der Waals surface area contributed by atoms with Gasteiger partial charge in [-0.3, -0.25) is 4.79 Å². The molecule has 2 N–H and O–H groups in total. The number of amides is 3.